The van der Waals surface area contributed by atoms with Crippen LogP contribution in [0.15, 0.2) is 40.4 Å². The topological polar surface area (TPSA) is 51.2 Å². The van der Waals surface area contributed by atoms with Crippen LogP contribution in [-0.2, 0) is 0 Å². The van der Waals surface area contributed by atoms with Crippen molar-refractivity contribution in [1.29, 1.82) is 0 Å². The third-order valence-electron chi connectivity index (χ3n) is 2.91. The van der Waals surface area contributed by atoms with Crippen LogP contribution in [0.5, 0.6) is 5.75 Å². The molecule has 0 aliphatic heterocycles. The van der Waals surface area contributed by atoms with E-state index in [1.165, 1.54) is 11.3 Å². The van der Waals surface area contributed by atoms with Crippen LogP contribution in [0, 0.1) is 0 Å². The molecular weight excluding hydrogens is 340 g/mol. The predicted molar refractivity (Wildman–Crippen MR) is 91.4 cm³/mol. The van der Waals surface area contributed by atoms with Crippen molar-refractivity contribution < 1.29 is 9.53 Å². The number of anilines is 1. The minimum Gasteiger partial charge on any atom is -0.495 e. The molecule has 0 spiro atoms. The number of nitrogens with one attached hydrogen (secondary N) is 1. The lowest BCUT2D eigenvalue weighted by atomic mass is 10.3. The number of thiophene rings is 1. The first-order chi connectivity index (χ1) is 10.7. The average molecular weight is 351 g/mol. The number of methoxy groups -OCH3 is 1. The van der Waals surface area contributed by atoms with E-state index in [9.17, 15) is 4.79 Å². The van der Waals surface area contributed by atoms with Gasteiger partial charge in [0.15, 0.2) is 0 Å². The molecule has 112 valence electrons. The SMILES string of the molecule is COc1ccc(NC(=O)c2csc(-c3ccsc3)n2)cc1Cl. The first-order valence-corrected chi connectivity index (χ1v) is 8.50. The molecule has 0 bridgehead atoms. The molecule has 0 saturated heterocycles. The number of hydrogen-bond acceptors (Lipinski definition) is 5. The van der Waals surface area contributed by atoms with E-state index < -0.39 is 0 Å². The molecule has 4 nitrogen and oxygen atoms in total. The molecule has 2 heterocycles. The number of halogens is 1. The van der Waals surface area contributed by atoms with Gasteiger partial charge in [0.1, 0.15) is 16.5 Å². The van der Waals surface area contributed by atoms with Gasteiger partial charge in [0.25, 0.3) is 5.91 Å². The molecule has 3 aromatic rings. The van der Waals surface area contributed by atoms with E-state index >= 15 is 0 Å². The highest BCUT2D eigenvalue weighted by Gasteiger charge is 2.13. The van der Waals surface area contributed by atoms with E-state index in [1.54, 1.807) is 42.0 Å². The van der Waals surface area contributed by atoms with Crippen molar-refractivity contribution in [2.45, 2.75) is 0 Å². The first kappa shape index (κ1) is 15.0. The minimum absolute atomic E-state index is 0.265. The van der Waals surface area contributed by atoms with Crippen LogP contribution in [0.4, 0.5) is 5.69 Å². The number of rotatable bonds is 4. The maximum absolute atomic E-state index is 12.2. The lowest BCUT2D eigenvalue weighted by Crippen LogP contribution is -2.12. The van der Waals surface area contributed by atoms with Gasteiger partial charge >= 0.3 is 0 Å². The van der Waals surface area contributed by atoms with E-state index in [1.807, 2.05) is 16.8 Å². The Balaban J connectivity index is 1.76. The summed E-state index contributed by atoms with van der Waals surface area (Å²) in [6.07, 6.45) is 0. The molecule has 3 rings (SSSR count). The molecule has 0 radical (unpaired) electrons. The predicted octanol–water partition coefficient (Wildman–Crippen LogP) is 4.79. The van der Waals surface area contributed by atoms with Gasteiger partial charge in [-0.3, -0.25) is 4.79 Å². The van der Waals surface area contributed by atoms with Crippen molar-refractivity contribution in [2.24, 2.45) is 0 Å². The van der Waals surface area contributed by atoms with Crippen molar-refractivity contribution in [3.05, 3.63) is 51.1 Å². The van der Waals surface area contributed by atoms with Crippen LogP contribution in [-0.4, -0.2) is 18.0 Å². The van der Waals surface area contributed by atoms with E-state index in [-0.39, 0.29) is 5.91 Å². The van der Waals surface area contributed by atoms with Gasteiger partial charge in [0.2, 0.25) is 0 Å². The maximum atomic E-state index is 12.2. The molecule has 0 unspecified atom stereocenters. The van der Waals surface area contributed by atoms with E-state index in [2.05, 4.69) is 10.3 Å². The number of hydrogen-bond donors (Lipinski definition) is 1. The Morgan fingerprint density at radius 2 is 2.18 bits per heavy atom. The molecule has 0 aliphatic rings. The van der Waals surface area contributed by atoms with Crippen molar-refractivity contribution >= 4 is 45.9 Å². The first-order valence-electron chi connectivity index (χ1n) is 6.30. The second kappa shape index (κ2) is 6.48. The number of benzene rings is 1. The van der Waals surface area contributed by atoms with Gasteiger partial charge in [-0.2, -0.15) is 11.3 Å². The zero-order valence-electron chi connectivity index (χ0n) is 11.5. The number of thiazole rings is 1. The van der Waals surface area contributed by atoms with Crippen LogP contribution in [0.1, 0.15) is 10.5 Å². The van der Waals surface area contributed by atoms with Crippen molar-refractivity contribution in [1.82, 2.24) is 4.98 Å². The van der Waals surface area contributed by atoms with Crippen LogP contribution < -0.4 is 10.1 Å². The fourth-order valence-corrected chi connectivity index (χ4v) is 3.61. The summed E-state index contributed by atoms with van der Waals surface area (Å²) >= 11 is 9.09. The summed E-state index contributed by atoms with van der Waals surface area (Å²) in [5.41, 5.74) is 2.01. The summed E-state index contributed by atoms with van der Waals surface area (Å²) < 4.78 is 5.08. The lowest BCUT2D eigenvalue weighted by molar-refractivity contribution is 0.102. The Morgan fingerprint density at radius 3 is 2.86 bits per heavy atom. The van der Waals surface area contributed by atoms with Crippen molar-refractivity contribution in [3.63, 3.8) is 0 Å². The average Bonchev–Trinajstić information content (AvgIpc) is 3.18. The Kier molecular flexibility index (Phi) is 4.42. The summed E-state index contributed by atoms with van der Waals surface area (Å²) in [4.78, 5) is 16.6. The molecule has 1 aromatic carbocycles. The second-order valence-corrected chi connectivity index (χ2v) is 6.40. The van der Waals surface area contributed by atoms with Crippen LogP contribution in [0.25, 0.3) is 10.6 Å². The van der Waals surface area contributed by atoms with Gasteiger partial charge in [-0.15, -0.1) is 11.3 Å². The van der Waals surface area contributed by atoms with Gasteiger partial charge in [-0.1, -0.05) is 11.6 Å². The second-order valence-electron chi connectivity index (χ2n) is 4.35. The largest absolute Gasteiger partial charge is 0.495 e. The van der Waals surface area contributed by atoms with Crippen molar-refractivity contribution in [2.75, 3.05) is 12.4 Å². The zero-order valence-corrected chi connectivity index (χ0v) is 13.9. The Labute approximate surface area is 140 Å². The van der Waals surface area contributed by atoms with Crippen LogP contribution >= 0.6 is 34.3 Å². The van der Waals surface area contributed by atoms with Gasteiger partial charge in [0.05, 0.1) is 12.1 Å². The van der Waals surface area contributed by atoms with Crippen molar-refractivity contribution in [3.8, 4) is 16.3 Å². The highest BCUT2D eigenvalue weighted by atomic mass is 35.5. The maximum Gasteiger partial charge on any atom is 0.275 e. The number of nitrogens with zero attached hydrogens (tertiary/aromatic N) is 1. The molecule has 0 atom stereocenters. The van der Waals surface area contributed by atoms with Gasteiger partial charge in [-0.25, -0.2) is 4.98 Å². The number of carbonyl (C=O) groups is 1. The van der Waals surface area contributed by atoms with E-state index in [0.717, 1.165) is 10.6 Å². The van der Waals surface area contributed by atoms with Gasteiger partial charge in [-0.05, 0) is 29.6 Å². The summed E-state index contributed by atoms with van der Waals surface area (Å²) in [6.45, 7) is 0. The lowest BCUT2D eigenvalue weighted by Gasteiger charge is -2.06. The summed E-state index contributed by atoms with van der Waals surface area (Å²) in [7, 11) is 1.54. The highest BCUT2D eigenvalue weighted by Crippen LogP contribution is 2.28. The third kappa shape index (κ3) is 3.14. The number of carbonyl (C=O) groups excluding carboxylic acids is 1. The van der Waals surface area contributed by atoms with Crippen LogP contribution in [0.3, 0.4) is 0 Å². The normalized spacial score (nSPS) is 10.5. The monoisotopic (exact) mass is 350 g/mol. The molecule has 22 heavy (non-hydrogen) atoms. The van der Waals surface area contributed by atoms with Crippen LogP contribution in [0.2, 0.25) is 5.02 Å². The molecular formula is C15H11ClN2O2S2. The fourth-order valence-electron chi connectivity index (χ4n) is 1.84. The third-order valence-corrected chi connectivity index (χ3v) is 4.78. The molecule has 1 amide bonds. The number of ether oxygens (including phenoxy) is 1. The van der Waals surface area contributed by atoms with Gasteiger partial charge < -0.3 is 10.1 Å². The van der Waals surface area contributed by atoms with E-state index in [0.29, 0.717) is 22.2 Å². The highest BCUT2D eigenvalue weighted by molar-refractivity contribution is 7.14. The van der Waals surface area contributed by atoms with E-state index in [4.69, 9.17) is 16.3 Å². The Morgan fingerprint density at radius 1 is 1.32 bits per heavy atom. The Bertz CT molecular complexity index is 800. The quantitative estimate of drug-likeness (QED) is 0.736. The number of amides is 1. The molecule has 2 aromatic heterocycles. The summed E-state index contributed by atoms with van der Waals surface area (Å²) in [5.74, 6) is 0.298. The molecule has 7 heteroatoms. The standard InChI is InChI=1S/C15H11ClN2O2S2/c1-20-13-3-2-10(6-11(13)16)17-14(19)12-8-22-15(18-12)9-4-5-21-7-9/h2-8H,1H3,(H,17,19). The summed E-state index contributed by atoms with van der Waals surface area (Å²) in [5, 5.41) is 9.78. The molecule has 0 fully saturated rings. The minimum atomic E-state index is -0.265. The number of aromatic nitrogens is 1. The summed E-state index contributed by atoms with van der Waals surface area (Å²) in [6, 6.07) is 7.06. The Hall–Kier alpha value is -1.89. The smallest absolute Gasteiger partial charge is 0.275 e. The molecule has 1 N–H and O–H groups in total. The van der Waals surface area contributed by atoms with Gasteiger partial charge in [0, 0.05) is 22.0 Å². The molecule has 0 aliphatic carbocycles. The fraction of sp³-hybridized carbons (Fsp3) is 0.0667. The zero-order chi connectivity index (χ0) is 15.5. The molecule has 0 saturated carbocycles.